The van der Waals surface area contributed by atoms with Crippen molar-refractivity contribution in [3.63, 3.8) is 0 Å². The Bertz CT molecular complexity index is 461. The van der Waals surface area contributed by atoms with E-state index in [4.69, 9.17) is 4.74 Å². The van der Waals surface area contributed by atoms with Crippen molar-refractivity contribution in [1.29, 1.82) is 0 Å². The number of halogens is 1. The molecular weight excluding hydrogens is 277 g/mol. The molecule has 0 saturated carbocycles. The molecule has 0 spiro atoms. The minimum atomic E-state index is -0.369. The van der Waals surface area contributed by atoms with Crippen LogP contribution in [-0.2, 0) is 25.5 Å². The molecule has 1 amide bonds. The maximum absolute atomic E-state index is 12.8. The van der Waals surface area contributed by atoms with Gasteiger partial charge in [-0.05, 0) is 17.7 Å². The second-order valence-electron chi connectivity index (χ2n) is 4.50. The molecule has 6 heteroatoms. The number of nitrogens with zero attached hydrogens (tertiary/aromatic N) is 1. The molecule has 0 fully saturated rings. The Morgan fingerprint density at radius 3 is 2.38 bits per heavy atom. The van der Waals surface area contributed by atoms with Gasteiger partial charge in [0.05, 0.1) is 26.6 Å². The lowest BCUT2D eigenvalue weighted by Gasteiger charge is -2.22. The van der Waals surface area contributed by atoms with Gasteiger partial charge in [-0.2, -0.15) is 0 Å². The zero-order chi connectivity index (χ0) is 15.7. The first-order valence-corrected chi connectivity index (χ1v) is 6.64. The van der Waals surface area contributed by atoms with E-state index in [9.17, 15) is 14.0 Å². The normalized spacial score (nSPS) is 10.2. The molecule has 0 unspecified atom stereocenters. The first-order valence-electron chi connectivity index (χ1n) is 6.64. The van der Waals surface area contributed by atoms with Crippen LogP contribution in [0.4, 0.5) is 4.39 Å². The van der Waals surface area contributed by atoms with Gasteiger partial charge in [-0.25, -0.2) is 4.39 Å². The largest absolute Gasteiger partial charge is 0.469 e. The van der Waals surface area contributed by atoms with E-state index in [0.717, 1.165) is 5.56 Å². The highest BCUT2D eigenvalue weighted by Gasteiger charge is 2.15. The minimum Gasteiger partial charge on any atom is -0.469 e. The van der Waals surface area contributed by atoms with E-state index < -0.39 is 0 Å². The Kier molecular flexibility index (Phi) is 7.39. The van der Waals surface area contributed by atoms with E-state index in [-0.39, 0.29) is 37.1 Å². The van der Waals surface area contributed by atoms with Gasteiger partial charge < -0.3 is 14.4 Å². The van der Waals surface area contributed by atoms with E-state index in [0.29, 0.717) is 13.2 Å². The van der Waals surface area contributed by atoms with Crippen LogP contribution in [0.5, 0.6) is 0 Å². The number of carbonyl (C=O) groups excluding carboxylic acids is 2. The third-order valence-electron chi connectivity index (χ3n) is 3.00. The minimum absolute atomic E-state index is 0.134. The summed E-state index contributed by atoms with van der Waals surface area (Å²) in [5, 5.41) is 0. The molecule has 1 aromatic carbocycles. The van der Waals surface area contributed by atoms with Crippen molar-refractivity contribution in [2.75, 3.05) is 33.9 Å². The predicted octanol–water partition coefficient (Wildman–Crippen LogP) is 1.41. The molecule has 1 rings (SSSR count). The zero-order valence-corrected chi connectivity index (χ0v) is 12.3. The van der Waals surface area contributed by atoms with Gasteiger partial charge >= 0.3 is 5.97 Å². The van der Waals surface area contributed by atoms with Crippen molar-refractivity contribution < 1.29 is 23.5 Å². The molecule has 5 nitrogen and oxygen atoms in total. The number of hydrogen-bond donors (Lipinski definition) is 0. The molecule has 0 atom stereocenters. The summed E-state index contributed by atoms with van der Waals surface area (Å²) < 4.78 is 22.4. The zero-order valence-electron chi connectivity index (χ0n) is 12.3. The number of amides is 1. The Balaban J connectivity index is 2.60. The number of rotatable bonds is 8. The molecule has 0 aliphatic heterocycles. The van der Waals surface area contributed by atoms with Crippen molar-refractivity contribution in [2.45, 2.75) is 12.8 Å². The summed E-state index contributed by atoms with van der Waals surface area (Å²) in [6.07, 6.45) is 0.292. The third kappa shape index (κ3) is 6.35. The van der Waals surface area contributed by atoms with E-state index in [1.54, 1.807) is 24.1 Å². The van der Waals surface area contributed by atoms with Crippen LogP contribution in [0, 0.1) is 5.82 Å². The van der Waals surface area contributed by atoms with Crippen LogP contribution in [0.15, 0.2) is 24.3 Å². The Hall–Kier alpha value is -1.95. The fourth-order valence-corrected chi connectivity index (χ4v) is 1.78. The molecule has 0 bridgehead atoms. The lowest BCUT2D eigenvalue weighted by molar-refractivity contribution is -0.141. The monoisotopic (exact) mass is 297 g/mol. The van der Waals surface area contributed by atoms with E-state index in [2.05, 4.69) is 4.74 Å². The van der Waals surface area contributed by atoms with Crippen molar-refractivity contribution >= 4 is 11.9 Å². The Morgan fingerprint density at radius 2 is 1.81 bits per heavy atom. The van der Waals surface area contributed by atoms with Crippen molar-refractivity contribution in [2.24, 2.45) is 0 Å². The van der Waals surface area contributed by atoms with Gasteiger partial charge in [0.2, 0.25) is 5.91 Å². The van der Waals surface area contributed by atoms with Crippen molar-refractivity contribution in [3.8, 4) is 0 Å². The maximum Gasteiger partial charge on any atom is 0.307 e. The van der Waals surface area contributed by atoms with Crippen molar-refractivity contribution in [1.82, 2.24) is 4.90 Å². The summed E-state index contributed by atoms with van der Waals surface area (Å²) in [4.78, 5) is 24.9. The van der Waals surface area contributed by atoms with Gasteiger partial charge in [0, 0.05) is 20.2 Å². The first kappa shape index (κ1) is 17.1. The van der Waals surface area contributed by atoms with Crippen LogP contribution < -0.4 is 0 Å². The summed E-state index contributed by atoms with van der Waals surface area (Å²) in [6.45, 7) is 1.06. The quantitative estimate of drug-likeness (QED) is 0.681. The number of hydrogen-bond acceptors (Lipinski definition) is 4. The second-order valence-corrected chi connectivity index (χ2v) is 4.50. The van der Waals surface area contributed by atoms with Gasteiger partial charge in [0.15, 0.2) is 0 Å². The number of carbonyl (C=O) groups is 2. The number of esters is 1. The molecule has 1 aromatic rings. The summed E-state index contributed by atoms with van der Waals surface area (Å²) in [7, 11) is 2.85. The van der Waals surface area contributed by atoms with Gasteiger partial charge in [0.25, 0.3) is 0 Å². The molecule has 116 valence electrons. The molecule has 21 heavy (non-hydrogen) atoms. The SMILES string of the molecule is COCCN(CCC(=O)OC)C(=O)Cc1ccc(F)cc1. The van der Waals surface area contributed by atoms with Gasteiger partial charge in [0.1, 0.15) is 5.82 Å². The van der Waals surface area contributed by atoms with E-state index in [1.807, 2.05) is 0 Å². The van der Waals surface area contributed by atoms with Crippen LogP contribution >= 0.6 is 0 Å². The molecule has 0 aromatic heterocycles. The van der Waals surface area contributed by atoms with Crippen LogP contribution in [0.25, 0.3) is 0 Å². The fourth-order valence-electron chi connectivity index (χ4n) is 1.78. The predicted molar refractivity (Wildman–Crippen MR) is 75.2 cm³/mol. The van der Waals surface area contributed by atoms with Crippen LogP contribution in [0.2, 0.25) is 0 Å². The average Bonchev–Trinajstić information content (AvgIpc) is 2.49. The number of benzene rings is 1. The Labute approximate surface area is 123 Å². The lowest BCUT2D eigenvalue weighted by Crippen LogP contribution is -2.36. The third-order valence-corrected chi connectivity index (χ3v) is 3.00. The summed E-state index contributed by atoms with van der Waals surface area (Å²) >= 11 is 0. The van der Waals surface area contributed by atoms with Crippen molar-refractivity contribution in [3.05, 3.63) is 35.6 Å². The van der Waals surface area contributed by atoms with Gasteiger partial charge in [-0.3, -0.25) is 9.59 Å². The molecular formula is C15H20FNO4. The second kappa shape index (κ2) is 9.07. The number of ether oxygens (including phenoxy) is 2. The van der Waals surface area contributed by atoms with E-state index in [1.165, 1.54) is 19.2 Å². The highest BCUT2D eigenvalue weighted by Crippen LogP contribution is 2.06. The topological polar surface area (TPSA) is 55.8 Å². The highest BCUT2D eigenvalue weighted by atomic mass is 19.1. The van der Waals surface area contributed by atoms with E-state index >= 15 is 0 Å². The smallest absolute Gasteiger partial charge is 0.307 e. The molecule has 0 aliphatic carbocycles. The molecule has 0 radical (unpaired) electrons. The average molecular weight is 297 g/mol. The van der Waals surface area contributed by atoms with Gasteiger partial charge in [-0.1, -0.05) is 12.1 Å². The van der Waals surface area contributed by atoms with Gasteiger partial charge in [-0.15, -0.1) is 0 Å². The molecule has 0 heterocycles. The molecule has 0 saturated heterocycles. The van der Waals surface area contributed by atoms with Crippen LogP contribution in [0.1, 0.15) is 12.0 Å². The lowest BCUT2D eigenvalue weighted by atomic mass is 10.1. The molecule has 0 N–H and O–H groups in total. The fraction of sp³-hybridized carbons (Fsp3) is 0.467. The summed E-state index contributed by atoms with van der Waals surface area (Å²) in [6, 6.07) is 5.77. The standard InChI is InChI=1S/C15H20FNO4/c1-20-10-9-17(8-7-15(19)21-2)14(18)11-12-3-5-13(16)6-4-12/h3-6H,7-11H2,1-2H3. The summed E-state index contributed by atoms with van der Waals surface area (Å²) in [5.74, 6) is -0.845. The molecule has 0 aliphatic rings. The number of methoxy groups -OCH3 is 2. The maximum atomic E-state index is 12.8. The first-order chi connectivity index (χ1) is 10.1. The Morgan fingerprint density at radius 1 is 1.14 bits per heavy atom. The summed E-state index contributed by atoms with van der Waals surface area (Å²) in [5.41, 5.74) is 0.724. The van der Waals surface area contributed by atoms with Crippen LogP contribution in [-0.4, -0.2) is 50.7 Å². The van der Waals surface area contributed by atoms with Crippen LogP contribution in [0.3, 0.4) is 0 Å². The highest BCUT2D eigenvalue weighted by molar-refractivity contribution is 5.79.